The second kappa shape index (κ2) is 7.82. The van der Waals surface area contributed by atoms with E-state index in [1.165, 1.54) is 10.8 Å². The third kappa shape index (κ3) is 3.37. The minimum Gasteiger partial charge on any atom is -0.497 e. The Morgan fingerprint density at radius 3 is 2.14 bits per heavy atom. The van der Waals surface area contributed by atoms with Gasteiger partial charge in [0.1, 0.15) is 11.5 Å². The van der Waals surface area contributed by atoms with Crippen LogP contribution in [0.15, 0.2) is 66.7 Å². The summed E-state index contributed by atoms with van der Waals surface area (Å²) in [5.41, 5.74) is 3.08. The number of aromatic nitrogens is 1. The van der Waals surface area contributed by atoms with Crippen molar-refractivity contribution in [3.8, 4) is 11.5 Å². The van der Waals surface area contributed by atoms with Crippen molar-refractivity contribution < 1.29 is 14.6 Å². The Balaban J connectivity index is 1.55. The average molecular weight is 376 g/mol. The van der Waals surface area contributed by atoms with Crippen molar-refractivity contribution in [1.29, 1.82) is 0 Å². The second-order valence-electron chi connectivity index (χ2n) is 6.75. The molecule has 3 aromatic carbocycles. The molecule has 0 aliphatic carbocycles. The molecule has 0 unspecified atom stereocenters. The first-order valence-corrected chi connectivity index (χ1v) is 9.31. The van der Waals surface area contributed by atoms with Gasteiger partial charge in [-0.05, 0) is 24.3 Å². The third-order valence-corrected chi connectivity index (χ3v) is 5.01. The number of anilines is 1. The molecule has 0 bridgehead atoms. The molecule has 1 heterocycles. The van der Waals surface area contributed by atoms with Crippen molar-refractivity contribution in [2.75, 3.05) is 26.1 Å². The van der Waals surface area contributed by atoms with E-state index in [-0.39, 0.29) is 0 Å². The second-order valence-corrected chi connectivity index (χ2v) is 6.75. The Bertz CT molecular complexity index is 1050. The number of aliphatic hydroxyl groups is 1. The Morgan fingerprint density at radius 2 is 1.54 bits per heavy atom. The lowest BCUT2D eigenvalue weighted by Gasteiger charge is -2.17. The van der Waals surface area contributed by atoms with E-state index in [4.69, 9.17) is 9.47 Å². The molecule has 0 aliphatic heterocycles. The van der Waals surface area contributed by atoms with E-state index in [2.05, 4.69) is 34.1 Å². The molecule has 0 saturated heterocycles. The van der Waals surface area contributed by atoms with Gasteiger partial charge in [0.15, 0.2) is 0 Å². The van der Waals surface area contributed by atoms with Gasteiger partial charge in [-0.25, -0.2) is 0 Å². The van der Waals surface area contributed by atoms with Gasteiger partial charge < -0.3 is 24.5 Å². The van der Waals surface area contributed by atoms with Crippen LogP contribution in [0, 0.1) is 0 Å². The number of rotatable bonds is 7. The summed E-state index contributed by atoms with van der Waals surface area (Å²) in [5.74, 6) is 1.41. The SMILES string of the molecule is COc1ccc(NC[C@H](O)Cn2c3ccccc3c3ccccc32)c(OC)c1. The van der Waals surface area contributed by atoms with E-state index in [0.717, 1.165) is 22.5 Å². The highest BCUT2D eigenvalue weighted by Gasteiger charge is 2.14. The fraction of sp³-hybridized carbons (Fsp3) is 0.217. The summed E-state index contributed by atoms with van der Waals surface area (Å²) in [5, 5.41) is 16.4. The van der Waals surface area contributed by atoms with Gasteiger partial charge in [-0.3, -0.25) is 0 Å². The monoisotopic (exact) mass is 376 g/mol. The third-order valence-electron chi connectivity index (χ3n) is 5.01. The van der Waals surface area contributed by atoms with E-state index >= 15 is 0 Å². The highest BCUT2D eigenvalue weighted by atomic mass is 16.5. The van der Waals surface area contributed by atoms with Gasteiger partial charge in [-0.1, -0.05) is 36.4 Å². The van der Waals surface area contributed by atoms with Crippen LogP contribution < -0.4 is 14.8 Å². The molecule has 144 valence electrons. The number of benzene rings is 3. The van der Waals surface area contributed by atoms with Gasteiger partial charge in [0.05, 0.1) is 32.6 Å². The fourth-order valence-corrected chi connectivity index (χ4v) is 3.65. The topological polar surface area (TPSA) is 55.6 Å². The van der Waals surface area contributed by atoms with Gasteiger partial charge in [-0.2, -0.15) is 0 Å². The van der Waals surface area contributed by atoms with Gasteiger partial charge in [-0.15, -0.1) is 0 Å². The molecular weight excluding hydrogens is 352 g/mol. The number of ether oxygens (including phenoxy) is 2. The molecule has 5 heteroatoms. The molecule has 4 aromatic rings. The first-order valence-electron chi connectivity index (χ1n) is 9.31. The quantitative estimate of drug-likeness (QED) is 0.505. The van der Waals surface area contributed by atoms with Crippen LogP contribution in [0.25, 0.3) is 21.8 Å². The predicted octanol–water partition coefficient (Wildman–Crippen LogP) is 4.28. The highest BCUT2D eigenvalue weighted by molar-refractivity contribution is 6.07. The lowest BCUT2D eigenvalue weighted by Crippen LogP contribution is -2.25. The number of hydrogen-bond donors (Lipinski definition) is 2. The molecule has 0 fully saturated rings. The maximum Gasteiger partial charge on any atom is 0.145 e. The number of nitrogens with zero attached hydrogens (tertiary/aromatic N) is 1. The zero-order chi connectivity index (χ0) is 19.5. The van der Waals surface area contributed by atoms with E-state index in [1.54, 1.807) is 14.2 Å². The smallest absolute Gasteiger partial charge is 0.145 e. The summed E-state index contributed by atoms with van der Waals surface area (Å²) in [7, 11) is 3.24. The Kier molecular flexibility index (Phi) is 5.08. The van der Waals surface area contributed by atoms with Crippen molar-refractivity contribution in [2.45, 2.75) is 12.6 Å². The van der Waals surface area contributed by atoms with Gasteiger partial charge in [0, 0.05) is 34.4 Å². The minimum atomic E-state index is -0.564. The summed E-state index contributed by atoms with van der Waals surface area (Å²) in [4.78, 5) is 0. The number of nitrogens with one attached hydrogen (secondary N) is 1. The lowest BCUT2D eigenvalue weighted by atomic mass is 10.2. The summed E-state index contributed by atoms with van der Waals surface area (Å²) in [6.07, 6.45) is -0.564. The predicted molar refractivity (Wildman–Crippen MR) is 113 cm³/mol. The van der Waals surface area contributed by atoms with Crippen LogP contribution in [0.4, 0.5) is 5.69 Å². The van der Waals surface area contributed by atoms with E-state index in [9.17, 15) is 5.11 Å². The van der Waals surface area contributed by atoms with Crippen LogP contribution in [0.2, 0.25) is 0 Å². The number of methoxy groups -OCH3 is 2. The maximum absolute atomic E-state index is 10.7. The zero-order valence-corrected chi connectivity index (χ0v) is 16.1. The molecule has 2 N–H and O–H groups in total. The van der Waals surface area contributed by atoms with Crippen molar-refractivity contribution in [2.24, 2.45) is 0 Å². The Hall–Kier alpha value is -3.18. The number of hydrogen-bond acceptors (Lipinski definition) is 4. The van der Waals surface area contributed by atoms with E-state index < -0.39 is 6.10 Å². The molecule has 28 heavy (non-hydrogen) atoms. The average Bonchev–Trinajstić information content (AvgIpc) is 3.06. The molecule has 1 atom stereocenters. The van der Waals surface area contributed by atoms with Crippen LogP contribution in [0.5, 0.6) is 11.5 Å². The largest absolute Gasteiger partial charge is 0.497 e. The molecule has 0 aliphatic rings. The molecule has 0 radical (unpaired) electrons. The Labute approximate surface area is 164 Å². The van der Waals surface area contributed by atoms with Gasteiger partial charge in [0.25, 0.3) is 0 Å². The molecule has 1 aromatic heterocycles. The molecular formula is C23H24N2O3. The number of aliphatic hydroxyl groups excluding tert-OH is 1. The van der Waals surface area contributed by atoms with E-state index in [0.29, 0.717) is 18.8 Å². The standard InChI is InChI=1S/C23H24N2O3/c1-27-17-11-12-20(23(13-17)28-2)24-14-16(26)15-25-21-9-5-3-7-18(21)19-8-4-6-10-22(19)25/h3-13,16,24,26H,14-15H2,1-2H3/t16-/m0/s1. The summed E-state index contributed by atoms with van der Waals surface area (Å²) < 4.78 is 12.8. The molecule has 5 nitrogen and oxygen atoms in total. The van der Waals surface area contributed by atoms with Crippen LogP contribution in [-0.4, -0.2) is 36.5 Å². The van der Waals surface area contributed by atoms with Crippen LogP contribution in [-0.2, 0) is 6.54 Å². The Morgan fingerprint density at radius 1 is 0.893 bits per heavy atom. The maximum atomic E-state index is 10.7. The number of fused-ring (bicyclic) bond motifs is 3. The minimum absolute atomic E-state index is 0.406. The molecule has 4 rings (SSSR count). The van der Waals surface area contributed by atoms with E-state index in [1.807, 2.05) is 42.5 Å². The number of para-hydroxylation sites is 2. The zero-order valence-electron chi connectivity index (χ0n) is 16.1. The summed E-state index contributed by atoms with van der Waals surface area (Å²) >= 11 is 0. The van der Waals surface area contributed by atoms with Crippen LogP contribution in [0.3, 0.4) is 0 Å². The highest BCUT2D eigenvalue weighted by Crippen LogP contribution is 2.30. The molecule has 0 spiro atoms. The normalized spacial score (nSPS) is 12.2. The lowest BCUT2D eigenvalue weighted by molar-refractivity contribution is 0.169. The van der Waals surface area contributed by atoms with Gasteiger partial charge in [0.2, 0.25) is 0 Å². The van der Waals surface area contributed by atoms with Crippen molar-refractivity contribution >= 4 is 27.5 Å². The summed E-state index contributed by atoms with van der Waals surface area (Å²) in [6.45, 7) is 0.906. The molecule has 0 amide bonds. The first-order chi connectivity index (χ1) is 13.7. The van der Waals surface area contributed by atoms with Crippen LogP contribution >= 0.6 is 0 Å². The fourth-order valence-electron chi connectivity index (χ4n) is 3.65. The van der Waals surface area contributed by atoms with Crippen molar-refractivity contribution in [3.05, 3.63) is 66.7 Å². The first kappa shape index (κ1) is 18.2. The van der Waals surface area contributed by atoms with Crippen molar-refractivity contribution in [1.82, 2.24) is 4.57 Å². The molecule has 0 saturated carbocycles. The van der Waals surface area contributed by atoms with Crippen LogP contribution in [0.1, 0.15) is 0 Å². The van der Waals surface area contributed by atoms with Gasteiger partial charge >= 0.3 is 0 Å². The summed E-state index contributed by atoms with van der Waals surface area (Å²) in [6, 6.07) is 22.2. The van der Waals surface area contributed by atoms with Crippen molar-refractivity contribution in [3.63, 3.8) is 0 Å².